The molecule has 3 nitrogen and oxygen atoms in total. The van der Waals surface area contributed by atoms with Crippen molar-refractivity contribution in [3.8, 4) is 0 Å². The van der Waals surface area contributed by atoms with Crippen LogP contribution >= 0.6 is 0 Å². The van der Waals surface area contributed by atoms with Gasteiger partial charge in [-0.15, -0.1) is 0 Å². The number of carbonyl (C=O) groups excluding carboxylic acids is 1. The number of benzene rings is 1. The summed E-state index contributed by atoms with van der Waals surface area (Å²) in [7, 11) is 0. The van der Waals surface area contributed by atoms with Gasteiger partial charge in [-0.3, -0.25) is 9.69 Å². The Morgan fingerprint density at radius 2 is 1.62 bits per heavy atom. The van der Waals surface area contributed by atoms with E-state index >= 15 is 0 Å². The highest BCUT2D eigenvalue weighted by atomic mass is 19.2. The number of ketones is 1. The second-order valence-electron chi connectivity index (χ2n) is 9.64. The SMILES string of the molecule is CC(=O)C1=CCCC1.CC1CCC(CCN2CCN(c3cc(F)c(F)cc3F)CC2)CC1. The maximum Gasteiger partial charge on any atom is 0.161 e. The average Bonchev–Trinajstić information content (AvgIpc) is 3.32. The van der Waals surface area contributed by atoms with Crippen molar-refractivity contribution in [3.63, 3.8) is 0 Å². The molecule has 4 rings (SSSR count). The van der Waals surface area contributed by atoms with Crippen LogP contribution in [0.25, 0.3) is 0 Å². The van der Waals surface area contributed by atoms with E-state index in [0.717, 1.165) is 56.0 Å². The molecule has 1 aromatic rings. The van der Waals surface area contributed by atoms with E-state index in [9.17, 15) is 18.0 Å². The molecule has 6 heteroatoms. The Balaban J connectivity index is 0.000000305. The van der Waals surface area contributed by atoms with Crippen molar-refractivity contribution in [2.75, 3.05) is 37.6 Å². The van der Waals surface area contributed by atoms with Gasteiger partial charge in [0.1, 0.15) is 5.82 Å². The zero-order valence-electron chi connectivity index (χ0n) is 19.5. The van der Waals surface area contributed by atoms with Crippen molar-refractivity contribution in [2.24, 2.45) is 11.8 Å². The Kier molecular flexibility index (Phi) is 9.21. The Hall–Kier alpha value is -1.82. The summed E-state index contributed by atoms with van der Waals surface area (Å²) in [6, 6.07) is 1.62. The summed E-state index contributed by atoms with van der Waals surface area (Å²) in [6.45, 7) is 8.08. The molecule has 3 aliphatic rings. The lowest BCUT2D eigenvalue weighted by Gasteiger charge is -2.37. The molecule has 0 spiro atoms. The molecule has 0 bridgehead atoms. The molecule has 0 aromatic heterocycles. The first kappa shape index (κ1) is 24.8. The minimum absolute atomic E-state index is 0.176. The molecule has 0 radical (unpaired) electrons. The zero-order valence-corrected chi connectivity index (χ0v) is 19.5. The molecule has 0 amide bonds. The molecule has 0 atom stereocenters. The van der Waals surface area contributed by atoms with Gasteiger partial charge in [0.05, 0.1) is 5.69 Å². The first-order chi connectivity index (χ1) is 15.3. The standard InChI is InChI=1S/C19H27F3N2.C7H10O/c1-14-2-4-15(5-3-14)6-7-23-8-10-24(11-9-23)19-13-17(21)16(20)12-18(19)22;1-6(8)7-4-2-3-5-7/h12-15H,2-11H2,1H3;4H,2-3,5H2,1H3. The quantitative estimate of drug-likeness (QED) is 0.504. The van der Waals surface area contributed by atoms with Crippen molar-refractivity contribution in [2.45, 2.75) is 65.2 Å². The smallest absolute Gasteiger partial charge is 0.161 e. The molecular weight excluding hydrogens is 413 g/mol. The molecule has 1 aromatic carbocycles. The van der Waals surface area contributed by atoms with E-state index in [-0.39, 0.29) is 11.5 Å². The summed E-state index contributed by atoms with van der Waals surface area (Å²) in [5.74, 6) is -0.808. The molecule has 2 aliphatic carbocycles. The lowest BCUT2D eigenvalue weighted by atomic mass is 9.81. The number of hydrogen-bond donors (Lipinski definition) is 0. The fourth-order valence-electron chi connectivity index (χ4n) is 4.94. The van der Waals surface area contributed by atoms with Crippen molar-refractivity contribution in [3.05, 3.63) is 41.2 Å². The van der Waals surface area contributed by atoms with Gasteiger partial charge in [0.15, 0.2) is 17.4 Å². The van der Waals surface area contributed by atoms with Gasteiger partial charge in [0.25, 0.3) is 0 Å². The molecule has 0 N–H and O–H groups in total. The number of halogens is 3. The highest BCUT2D eigenvalue weighted by Crippen LogP contribution is 2.30. The Bertz CT molecular complexity index is 795. The van der Waals surface area contributed by atoms with Crippen LogP contribution in [0.1, 0.15) is 65.2 Å². The number of Topliss-reactive ketones (excluding diaryl/α,β-unsaturated/α-hetero) is 1. The average molecular weight is 451 g/mol. The summed E-state index contributed by atoms with van der Waals surface area (Å²) in [5, 5.41) is 0. The van der Waals surface area contributed by atoms with E-state index in [1.807, 2.05) is 11.0 Å². The van der Waals surface area contributed by atoms with Crippen LogP contribution in [0.3, 0.4) is 0 Å². The van der Waals surface area contributed by atoms with Gasteiger partial charge in [-0.2, -0.15) is 0 Å². The fraction of sp³-hybridized carbons (Fsp3) is 0.654. The number of piperazine rings is 1. The molecule has 2 fully saturated rings. The third kappa shape index (κ3) is 7.09. The summed E-state index contributed by atoms with van der Waals surface area (Å²) in [6.07, 6.45) is 12.0. The Labute approximate surface area is 190 Å². The topological polar surface area (TPSA) is 23.6 Å². The second kappa shape index (κ2) is 11.9. The molecule has 0 unspecified atom stereocenters. The number of carbonyl (C=O) groups is 1. The van der Waals surface area contributed by atoms with Crippen molar-refractivity contribution >= 4 is 11.5 Å². The van der Waals surface area contributed by atoms with Crippen LogP contribution in [-0.4, -0.2) is 43.4 Å². The van der Waals surface area contributed by atoms with Gasteiger partial charge in [-0.25, -0.2) is 13.2 Å². The van der Waals surface area contributed by atoms with E-state index in [0.29, 0.717) is 19.2 Å². The van der Waals surface area contributed by atoms with Crippen LogP contribution in [0.2, 0.25) is 0 Å². The van der Waals surface area contributed by atoms with Crippen molar-refractivity contribution < 1.29 is 18.0 Å². The monoisotopic (exact) mass is 450 g/mol. The van der Waals surface area contributed by atoms with Gasteiger partial charge in [0.2, 0.25) is 0 Å². The molecule has 1 aliphatic heterocycles. The van der Waals surface area contributed by atoms with E-state index in [1.54, 1.807) is 6.92 Å². The molecule has 1 heterocycles. The Morgan fingerprint density at radius 1 is 0.969 bits per heavy atom. The first-order valence-electron chi connectivity index (χ1n) is 12.1. The van der Waals surface area contributed by atoms with E-state index < -0.39 is 17.5 Å². The number of allylic oxidation sites excluding steroid dienone is 2. The van der Waals surface area contributed by atoms with Crippen molar-refractivity contribution in [1.29, 1.82) is 0 Å². The maximum atomic E-state index is 13.9. The predicted molar refractivity (Wildman–Crippen MR) is 123 cm³/mol. The van der Waals surface area contributed by atoms with Crippen LogP contribution in [0.15, 0.2) is 23.8 Å². The third-order valence-electron chi connectivity index (χ3n) is 7.18. The van der Waals surface area contributed by atoms with Crippen molar-refractivity contribution in [1.82, 2.24) is 4.90 Å². The first-order valence-corrected chi connectivity index (χ1v) is 12.1. The summed E-state index contributed by atoms with van der Waals surface area (Å²) in [5.41, 5.74) is 1.21. The van der Waals surface area contributed by atoms with E-state index in [2.05, 4.69) is 11.8 Å². The minimum atomic E-state index is -1.13. The normalized spacial score (nSPS) is 24.0. The molecule has 32 heavy (non-hydrogen) atoms. The van der Waals surface area contributed by atoms with Crippen LogP contribution in [0, 0.1) is 29.3 Å². The number of rotatable bonds is 5. The van der Waals surface area contributed by atoms with Crippen LogP contribution < -0.4 is 4.90 Å². The van der Waals surface area contributed by atoms with E-state index in [4.69, 9.17) is 0 Å². The molecule has 1 saturated carbocycles. The van der Waals surface area contributed by atoms with Gasteiger partial charge in [0, 0.05) is 38.3 Å². The number of hydrogen-bond acceptors (Lipinski definition) is 3. The lowest BCUT2D eigenvalue weighted by Crippen LogP contribution is -2.47. The zero-order chi connectivity index (χ0) is 23.1. The summed E-state index contributed by atoms with van der Waals surface area (Å²) < 4.78 is 40.3. The summed E-state index contributed by atoms with van der Waals surface area (Å²) in [4.78, 5) is 14.8. The summed E-state index contributed by atoms with van der Waals surface area (Å²) >= 11 is 0. The Morgan fingerprint density at radius 3 is 2.19 bits per heavy atom. The van der Waals surface area contributed by atoms with Crippen LogP contribution in [0.5, 0.6) is 0 Å². The highest BCUT2D eigenvalue weighted by Gasteiger charge is 2.23. The lowest BCUT2D eigenvalue weighted by molar-refractivity contribution is -0.113. The molecule has 1 saturated heterocycles. The molecule has 178 valence electrons. The number of anilines is 1. The second-order valence-corrected chi connectivity index (χ2v) is 9.64. The van der Waals surface area contributed by atoms with E-state index in [1.165, 1.54) is 38.5 Å². The van der Waals surface area contributed by atoms with Crippen LogP contribution in [-0.2, 0) is 4.79 Å². The van der Waals surface area contributed by atoms with Crippen LogP contribution in [0.4, 0.5) is 18.9 Å². The number of nitrogens with zero attached hydrogens (tertiary/aromatic N) is 2. The largest absolute Gasteiger partial charge is 0.367 e. The van der Waals surface area contributed by atoms with Gasteiger partial charge < -0.3 is 4.90 Å². The van der Waals surface area contributed by atoms with Gasteiger partial charge in [-0.1, -0.05) is 38.7 Å². The van der Waals surface area contributed by atoms with Gasteiger partial charge in [-0.05, 0) is 56.6 Å². The van der Waals surface area contributed by atoms with Gasteiger partial charge >= 0.3 is 0 Å². The minimum Gasteiger partial charge on any atom is -0.367 e. The fourth-order valence-corrected chi connectivity index (χ4v) is 4.94. The predicted octanol–water partition coefficient (Wildman–Crippen LogP) is 6.13. The maximum absolute atomic E-state index is 13.9. The highest BCUT2D eigenvalue weighted by molar-refractivity contribution is 5.93. The third-order valence-corrected chi connectivity index (χ3v) is 7.18. The molecular formula is C26H37F3N2O.